The minimum Gasteiger partial charge on any atom is -0.368 e. The highest BCUT2D eigenvalue weighted by Gasteiger charge is 2.48. The Hall–Kier alpha value is -3.88. The van der Waals surface area contributed by atoms with E-state index in [0.29, 0.717) is 23.8 Å². The van der Waals surface area contributed by atoms with Crippen molar-refractivity contribution in [2.24, 2.45) is 0 Å². The smallest absolute Gasteiger partial charge is 0.267 e. The van der Waals surface area contributed by atoms with E-state index in [0.717, 1.165) is 16.5 Å². The predicted octanol–water partition coefficient (Wildman–Crippen LogP) is 4.00. The molecule has 0 spiro atoms. The molecule has 3 heterocycles. The second-order valence-electron chi connectivity index (χ2n) is 8.34. The van der Waals surface area contributed by atoms with Gasteiger partial charge in [0.25, 0.3) is 5.91 Å². The molecular weight excluding hydrogens is 426 g/mol. The second-order valence-corrected chi connectivity index (χ2v) is 8.34. The summed E-state index contributed by atoms with van der Waals surface area (Å²) in [7, 11) is 1.58. The SMILES string of the molecule is CNC(=O)c1cc2cc(-c3ccc(NC[C@]4(c5ncccc5F)C[C@H](F)C4)nn3)ccc2[nH]1. The molecule has 3 N–H and O–H groups in total. The maximum atomic E-state index is 14.3. The fourth-order valence-electron chi connectivity index (χ4n) is 4.37. The van der Waals surface area contributed by atoms with Crippen molar-refractivity contribution in [3.8, 4) is 11.3 Å². The molecule has 1 aliphatic carbocycles. The monoisotopic (exact) mass is 448 g/mol. The first-order valence-electron chi connectivity index (χ1n) is 10.7. The number of H-pyrrole nitrogens is 1. The van der Waals surface area contributed by atoms with E-state index >= 15 is 0 Å². The van der Waals surface area contributed by atoms with E-state index < -0.39 is 17.4 Å². The molecule has 1 aromatic carbocycles. The maximum absolute atomic E-state index is 14.3. The van der Waals surface area contributed by atoms with E-state index in [9.17, 15) is 13.6 Å². The van der Waals surface area contributed by atoms with Gasteiger partial charge in [0.2, 0.25) is 0 Å². The molecule has 5 rings (SSSR count). The fraction of sp³-hybridized carbons (Fsp3) is 0.250. The molecule has 0 radical (unpaired) electrons. The third kappa shape index (κ3) is 3.90. The summed E-state index contributed by atoms with van der Waals surface area (Å²) in [6.07, 6.45) is 0.996. The van der Waals surface area contributed by atoms with Crippen molar-refractivity contribution in [2.45, 2.75) is 24.4 Å². The van der Waals surface area contributed by atoms with Gasteiger partial charge in [-0.15, -0.1) is 10.2 Å². The molecule has 1 saturated carbocycles. The lowest BCUT2D eigenvalue weighted by atomic mass is 9.65. The number of halogens is 2. The van der Waals surface area contributed by atoms with Crippen molar-refractivity contribution >= 4 is 22.6 Å². The summed E-state index contributed by atoms with van der Waals surface area (Å²) in [5.74, 6) is -0.0920. The van der Waals surface area contributed by atoms with Crippen molar-refractivity contribution in [3.63, 3.8) is 0 Å². The second kappa shape index (κ2) is 8.23. The highest BCUT2D eigenvalue weighted by molar-refractivity contribution is 5.98. The van der Waals surface area contributed by atoms with Crippen LogP contribution in [0.4, 0.5) is 14.6 Å². The average molecular weight is 448 g/mol. The molecular formula is C24H22F2N6O. The summed E-state index contributed by atoms with van der Waals surface area (Å²) < 4.78 is 28.1. The molecule has 0 bridgehead atoms. The predicted molar refractivity (Wildman–Crippen MR) is 121 cm³/mol. The minimum atomic E-state index is -0.964. The molecule has 0 saturated heterocycles. The minimum absolute atomic E-state index is 0.183. The molecule has 9 heteroatoms. The van der Waals surface area contributed by atoms with Crippen LogP contribution in [0.1, 0.15) is 29.0 Å². The van der Waals surface area contributed by atoms with Gasteiger partial charge in [0, 0.05) is 41.7 Å². The third-order valence-corrected chi connectivity index (χ3v) is 6.15. The number of benzene rings is 1. The lowest BCUT2D eigenvalue weighted by Crippen LogP contribution is -2.49. The number of nitrogens with one attached hydrogen (secondary N) is 3. The first kappa shape index (κ1) is 21.0. The number of nitrogens with zero attached hydrogens (tertiary/aromatic N) is 3. The van der Waals surface area contributed by atoms with E-state index in [-0.39, 0.29) is 24.4 Å². The Morgan fingerprint density at radius 2 is 2.03 bits per heavy atom. The number of carbonyl (C=O) groups is 1. The summed E-state index contributed by atoms with van der Waals surface area (Å²) in [5.41, 5.74) is 2.44. The molecule has 0 atom stereocenters. The van der Waals surface area contributed by atoms with Crippen LogP contribution in [0.3, 0.4) is 0 Å². The topological polar surface area (TPSA) is 95.6 Å². The maximum Gasteiger partial charge on any atom is 0.267 e. The lowest BCUT2D eigenvalue weighted by Gasteiger charge is -2.44. The van der Waals surface area contributed by atoms with Crippen LogP contribution < -0.4 is 10.6 Å². The largest absolute Gasteiger partial charge is 0.368 e. The zero-order chi connectivity index (χ0) is 23.0. The van der Waals surface area contributed by atoms with E-state index in [1.807, 2.05) is 24.3 Å². The summed E-state index contributed by atoms with van der Waals surface area (Å²) >= 11 is 0. The Labute approximate surface area is 188 Å². The van der Waals surface area contributed by atoms with Crippen LogP contribution in [-0.2, 0) is 5.41 Å². The van der Waals surface area contributed by atoms with Crippen molar-refractivity contribution in [1.29, 1.82) is 0 Å². The van der Waals surface area contributed by atoms with Gasteiger partial charge in [0.1, 0.15) is 23.5 Å². The van der Waals surface area contributed by atoms with Crippen LogP contribution >= 0.6 is 0 Å². The van der Waals surface area contributed by atoms with Crippen LogP contribution in [0.25, 0.3) is 22.2 Å². The average Bonchev–Trinajstić information content (AvgIpc) is 3.25. The molecule has 0 unspecified atom stereocenters. The number of aromatic nitrogens is 4. The summed E-state index contributed by atoms with van der Waals surface area (Å²) in [4.78, 5) is 19.1. The van der Waals surface area contributed by atoms with Crippen molar-refractivity contribution in [2.75, 3.05) is 18.9 Å². The number of anilines is 1. The van der Waals surface area contributed by atoms with Crippen LogP contribution in [-0.4, -0.2) is 45.8 Å². The number of aromatic amines is 1. The summed E-state index contributed by atoms with van der Waals surface area (Å²) in [6, 6.07) is 14.0. The molecule has 168 valence electrons. The number of hydrogen-bond acceptors (Lipinski definition) is 5. The zero-order valence-electron chi connectivity index (χ0n) is 17.9. The van der Waals surface area contributed by atoms with Crippen LogP contribution in [0.5, 0.6) is 0 Å². The van der Waals surface area contributed by atoms with E-state index in [1.54, 1.807) is 19.2 Å². The Morgan fingerprint density at radius 3 is 2.73 bits per heavy atom. The number of amides is 1. The normalized spacial score (nSPS) is 19.8. The van der Waals surface area contributed by atoms with Gasteiger partial charge < -0.3 is 15.6 Å². The Bertz CT molecular complexity index is 1310. The van der Waals surface area contributed by atoms with Gasteiger partial charge in [0.05, 0.1) is 11.4 Å². The van der Waals surface area contributed by atoms with Gasteiger partial charge in [-0.1, -0.05) is 6.07 Å². The number of pyridine rings is 1. The number of carbonyl (C=O) groups excluding carboxylic acids is 1. The van der Waals surface area contributed by atoms with Crippen LogP contribution in [0.2, 0.25) is 0 Å². The molecule has 3 aromatic heterocycles. The van der Waals surface area contributed by atoms with Gasteiger partial charge in [-0.2, -0.15) is 0 Å². The van der Waals surface area contributed by atoms with E-state index in [1.165, 1.54) is 18.3 Å². The molecule has 0 aliphatic heterocycles. The van der Waals surface area contributed by atoms with Crippen LogP contribution in [0, 0.1) is 5.82 Å². The molecule has 33 heavy (non-hydrogen) atoms. The lowest BCUT2D eigenvalue weighted by molar-refractivity contribution is 0.0956. The van der Waals surface area contributed by atoms with Gasteiger partial charge in [0.15, 0.2) is 0 Å². The van der Waals surface area contributed by atoms with E-state index in [4.69, 9.17) is 0 Å². The van der Waals surface area contributed by atoms with Gasteiger partial charge >= 0.3 is 0 Å². The molecule has 1 aliphatic rings. The third-order valence-electron chi connectivity index (χ3n) is 6.15. The summed E-state index contributed by atoms with van der Waals surface area (Å²) in [6.45, 7) is 0.312. The van der Waals surface area contributed by atoms with Crippen molar-refractivity contribution in [3.05, 3.63) is 71.9 Å². The molecule has 1 fully saturated rings. The number of rotatable bonds is 6. The Morgan fingerprint density at radius 1 is 1.18 bits per heavy atom. The number of alkyl halides is 1. The van der Waals surface area contributed by atoms with Crippen molar-refractivity contribution in [1.82, 2.24) is 25.5 Å². The zero-order valence-corrected chi connectivity index (χ0v) is 17.9. The highest BCUT2D eigenvalue weighted by atomic mass is 19.1. The summed E-state index contributed by atoms with van der Waals surface area (Å²) in [5, 5.41) is 15.2. The fourth-order valence-corrected chi connectivity index (χ4v) is 4.37. The number of hydrogen-bond donors (Lipinski definition) is 3. The molecule has 7 nitrogen and oxygen atoms in total. The quantitative estimate of drug-likeness (QED) is 0.414. The number of fused-ring (bicyclic) bond motifs is 1. The molecule has 1 amide bonds. The van der Waals surface area contributed by atoms with E-state index in [2.05, 4.69) is 30.8 Å². The highest BCUT2D eigenvalue weighted by Crippen LogP contribution is 2.45. The Balaban J connectivity index is 1.32. The first-order chi connectivity index (χ1) is 16.0. The van der Waals surface area contributed by atoms with Crippen LogP contribution in [0.15, 0.2) is 54.7 Å². The standard InChI is InChI=1S/C24H22F2N6O/c1-27-23(33)20-10-15-9-14(4-5-18(15)30-20)19-6-7-21(32-31-19)29-13-24(11-16(25)12-24)22-17(26)3-2-8-28-22/h2-10,16,30H,11-13H2,1H3,(H,27,33)(H,29,32)/t16-,24-. The Kier molecular flexibility index (Phi) is 5.24. The molecule has 4 aromatic rings. The first-order valence-corrected chi connectivity index (χ1v) is 10.7. The van der Waals surface area contributed by atoms with Gasteiger partial charge in [-0.3, -0.25) is 9.78 Å². The van der Waals surface area contributed by atoms with Gasteiger partial charge in [-0.25, -0.2) is 8.78 Å². The van der Waals surface area contributed by atoms with Gasteiger partial charge in [-0.05, 0) is 55.3 Å². The van der Waals surface area contributed by atoms with Crippen molar-refractivity contribution < 1.29 is 13.6 Å².